The minimum atomic E-state index is -0.843. The van der Waals surface area contributed by atoms with Crippen LogP contribution in [-0.4, -0.2) is 32.7 Å². The van der Waals surface area contributed by atoms with Gasteiger partial charge >= 0.3 is 0 Å². The van der Waals surface area contributed by atoms with Gasteiger partial charge in [0.1, 0.15) is 5.75 Å². The van der Waals surface area contributed by atoms with E-state index < -0.39 is 11.6 Å². The van der Waals surface area contributed by atoms with Gasteiger partial charge in [-0.3, -0.25) is 4.79 Å². The summed E-state index contributed by atoms with van der Waals surface area (Å²) >= 11 is 6.10. The fraction of sp³-hybridized carbons (Fsp3) is 0.381. The summed E-state index contributed by atoms with van der Waals surface area (Å²) in [5.74, 6) is -0.801. The molecule has 0 bridgehead atoms. The molecule has 1 N–H and O–H groups in total. The molecule has 1 fully saturated rings. The maximum atomic E-state index is 13.4. The molecule has 1 aliphatic rings. The first-order chi connectivity index (χ1) is 13.5. The van der Waals surface area contributed by atoms with Crippen molar-refractivity contribution in [2.75, 3.05) is 31.6 Å². The predicted octanol–water partition coefficient (Wildman–Crippen LogP) is 4.20. The second-order valence-corrected chi connectivity index (χ2v) is 7.38. The van der Waals surface area contributed by atoms with Gasteiger partial charge in [-0.2, -0.15) is 0 Å². The fourth-order valence-corrected chi connectivity index (χ4v) is 3.67. The average Bonchev–Trinajstić information content (AvgIpc) is 3.16. The smallest absolute Gasteiger partial charge is 0.220 e. The highest BCUT2D eigenvalue weighted by Crippen LogP contribution is 2.26. The van der Waals surface area contributed by atoms with Crippen LogP contribution in [0.4, 0.5) is 14.5 Å². The zero-order valence-corrected chi connectivity index (χ0v) is 16.4. The summed E-state index contributed by atoms with van der Waals surface area (Å²) in [7, 11) is 1.56. The van der Waals surface area contributed by atoms with Crippen LogP contribution in [0.1, 0.15) is 18.4 Å². The molecule has 3 rings (SSSR count). The molecule has 1 unspecified atom stereocenters. The second kappa shape index (κ2) is 9.24. The van der Waals surface area contributed by atoms with Crippen LogP contribution >= 0.6 is 11.6 Å². The Bertz CT molecular complexity index is 847. The summed E-state index contributed by atoms with van der Waals surface area (Å²) < 4.78 is 31.6. The Balaban J connectivity index is 1.42. The number of benzene rings is 2. The third-order valence-electron chi connectivity index (χ3n) is 5.00. The second-order valence-electron chi connectivity index (χ2n) is 6.97. The van der Waals surface area contributed by atoms with E-state index in [1.165, 1.54) is 6.07 Å². The lowest BCUT2D eigenvalue weighted by Crippen LogP contribution is -2.31. The maximum absolute atomic E-state index is 13.4. The summed E-state index contributed by atoms with van der Waals surface area (Å²) in [6, 6.07) is 9.45. The van der Waals surface area contributed by atoms with Crippen LogP contribution in [0, 0.1) is 17.6 Å². The minimum absolute atomic E-state index is 0.0155. The van der Waals surface area contributed by atoms with E-state index in [4.69, 9.17) is 16.3 Å². The van der Waals surface area contributed by atoms with E-state index in [0.29, 0.717) is 42.4 Å². The summed E-state index contributed by atoms with van der Waals surface area (Å²) in [5.41, 5.74) is 1.65. The first-order valence-electron chi connectivity index (χ1n) is 9.25. The van der Waals surface area contributed by atoms with E-state index in [9.17, 15) is 13.6 Å². The minimum Gasteiger partial charge on any atom is -0.495 e. The number of amides is 1. The highest BCUT2D eigenvalue weighted by atomic mass is 35.5. The Morgan fingerprint density at radius 3 is 2.79 bits per heavy atom. The summed E-state index contributed by atoms with van der Waals surface area (Å²) in [4.78, 5) is 14.2. The number of carbonyl (C=O) groups is 1. The Morgan fingerprint density at radius 1 is 1.25 bits per heavy atom. The molecule has 1 saturated heterocycles. The number of aryl methyl sites for hydroxylation is 1. The molecule has 2 aromatic rings. The van der Waals surface area contributed by atoms with Crippen LogP contribution in [0.25, 0.3) is 0 Å². The maximum Gasteiger partial charge on any atom is 0.220 e. The van der Waals surface area contributed by atoms with Crippen molar-refractivity contribution in [2.45, 2.75) is 19.3 Å². The van der Waals surface area contributed by atoms with E-state index >= 15 is 0 Å². The molecule has 150 valence electrons. The summed E-state index contributed by atoms with van der Waals surface area (Å²) in [6.07, 6.45) is 1.87. The van der Waals surface area contributed by atoms with Gasteiger partial charge in [-0.15, -0.1) is 0 Å². The molecule has 1 aliphatic heterocycles. The number of nitrogens with one attached hydrogen (secondary N) is 1. The molecule has 0 aromatic heterocycles. The third kappa shape index (κ3) is 5.13. The molecule has 7 heteroatoms. The average molecular weight is 409 g/mol. The van der Waals surface area contributed by atoms with Gasteiger partial charge in [-0.05, 0) is 48.6 Å². The largest absolute Gasteiger partial charge is 0.495 e. The molecular formula is C21H23ClF2N2O2. The van der Waals surface area contributed by atoms with Crippen molar-refractivity contribution in [3.05, 3.63) is 58.6 Å². The zero-order valence-electron chi connectivity index (χ0n) is 15.7. The molecule has 28 heavy (non-hydrogen) atoms. The number of anilines is 1. The number of carbonyl (C=O) groups excluding carboxylic acids is 1. The fourth-order valence-electron chi connectivity index (χ4n) is 3.39. The number of hydrogen-bond donors (Lipinski definition) is 1. The van der Waals surface area contributed by atoms with E-state index in [2.05, 4.69) is 5.32 Å². The van der Waals surface area contributed by atoms with Crippen molar-refractivity contribution in [2.24, 2.45) is 5.92 Å². The lowest BCUT2D eigenvalue weighted by atomic mass is 10.1. The van der Waals surface area contributed by atoms with Crippen molar-refractivity contribution in [1.29, 1.82) is 0 Å². The standard InChI is InChI=1S/C21H23ClF2N2O2/c1-28-20-6-2-14(10-17(20)22)3-7-21(27)25-12-15-8-9-26(13-15)16-4-5-18(23)19(24)11-16/h2,4-6,10-11,15H,3,7-9,12-13H2,1H3,(H,25,27). The Morgan fingerprint density at radius 2 is 2.07 bits per heavy atom. The molecule has 0 saturated carbocycles. The number of methoxy groups -OCH3 is 1. The first-order valence-corrected chi connectivity index (χ1v) is 9.63. The molecule has 0 spiro atoms. The lowest BCUT2D eigenvalue weighted by Gasteiger charge is -2.19. The topological polar surface area (TPSA) is 41.6 Å². The van der Waals surface area contributed by atoms with E-state index in [1.54, 1.807) is 19.2 Å². The molecule has 1 amide bonds. The first kappa shape index (κ1) is 20.4. The number of hydrogen-bond acceptors (Lipinski definition) is 3. The van der Waals surface area contributed by atoms with Crippen molar-refractivity contribution in [1.82, 2.24) is 5.32 Å². The van der Waals surface area contributed by atoms with Crippen LogP contribution in [0.2, 0.25) is 5.02 Å². The molecule has 0 radical (unpaired) electrons. The highest BCUT2D eigenvalue weighted by molar-refractivity contribution is 6.32. The van der Waals surface area contributed by atoms with Crippen LogP contribution in [0.3, 0.4) is 0 Å². The van der Waals surface area contributed by atoms with Crippen molar-refractivity contribution < 1.29 is 18.3 Å². The zero-order chi connectivity index (χ0) is 20.1. The highest BCUT2D eigenvalue weighted by Gasteiger charge is 2.23. The van der Waals surface area contributed by atoms with Crippen molar-refractivity contribution in [3.8, 4) is 5.75 Å². The summed E-state index contributed by atoms with van der Waals surface area (Å²) in [6.45, 7) is 2.04. The normalized spacial score (nSPS) is 16.3. The summed E-state index contributed by atoms with van der Waals surface area (Å²) in [5, 5.41) is 3.50. The molecular weight excluding hydrogens is 386 g/mol. The number of halogens is 3. The van der Waals surface area contributed by atoms with Crippen LogP contribution in [0.15, 0.2) is 36.4 Å². The van der Waals surface area contributed by atoms with Gasteiger partial charge in [0.2, 0.25) is 5.91 Å². The van der Waals surface area contributed by atoms with E-state index in [-0.39, 0.29) is 11.8 Å². The predicted molar refractivity (Wildman–Crippen MR) is 106 cm³/mol. The number of ether oxygens (including phenoxy) is 1. The monoisotopic (exact) mass is 408 g/mol. The van der Waals surface area contributed by atoms with Gasteiger partial charge in [-0.1, -0.05) is 17.7 Å². The molecule has 1 atom stereocenters. The Hall–Kier alpha value is -2.34. The van der Waals surface area contributed by atoms with Crippen LogP contribution in [-0.2, 0) is 11.2 Å². The van der Waals surface area contributed by atoms with Gasteiger partial charge in [0.05, 0.1) is 12.1 Å². The molecule has 0 aliphatic carbocycles. The Labute approximate surface area is 168 Å². The van der Waals surface area contributed by atoms with E-state index in [0.717, 1.165) is 24.6 Å². The van der Waals surface area contributed by atoms with Gasteiger partial charge in [0.25, 0.3) is 0 Å². The SMILES string of the molecule is COc1ccc(CCC(=O)NCC2CCN(c3ccc(F)c(F)c3)C2)cc1Cl. The molecule has 4 nitrogen and oxygen atoms in total. The Kier molecular flexibility index (Phi) is 6.73. The van der Waals surface area contributed by atoms with Gasteiger partial charge in [-0.25, -0.2) is 8.78 Å². The van der Waals surface area contributed by atoms with Gasteiger partial charge in [0, 0.05) is 37.8 Å². The van der Waals surface area contributed by atoms with Gasteiger partial charge in [0.15, 0.2) is 11.6 Å². The van der Waals surface area contributed by atoms with Crippen molar-refractivity contribution >= 4 is 23.2 Å². The number of rotatable bonds is 7. The van der Waals surface area contributed by atoms with Crippen LogP contribution < -0.4 is 15.0 Å². The van der Waals surface area contributed by atoms with Crippen LogP contribution in [0.5, 0.6) is 5.75 Å². The van der Waals surface area contributed by atoms with E-state index in [1.807, 2.05) is 17.0 Å². The quantitative estimate of drug-likeness (QED) is 0.746. The molecule has 2 aromatic carbocycles. The third-order valence-corrected chi connectivity index (χ3v) is 5.29. The lowest BCUT2D eigenvalue weighted by molar-refractivity contribution is -0.121. The molecule has 1 heterocycles. The number of nitrogens with zero attached hydrogens (tertiary/aromatic N) is 1. The van der Waals surface area contributed by atoms with Gasteiger partial charge < -0.3 is 15.0 Å². The van der Waals surface area contributed by atoms with Crippen molar-refractivity contribution in [3.63, 3.8) is 0 Å².